The van der Waals surface area contributed by atoms with E-state index in [1.54, 1.807) is 4.90 Å². The second kappa shape index (κ2) is 3.42. The lowest BCUT2D eigenvalue weighted by molar-refractivity contribution is 0.0607. The summed E-state index contributed by atoms with van der Waals surface area (Å²) < 4.78 is 0. The first-order valence-corrected chi connectivity index (χ1v) is 4.79. The number of likely N-dealkylation sites (tertiary alicyclic amines) is 1. The molecule has 1 saturated heterocycles. The van der Waals surface area contributed by atoms with E-state index < -0.39 is 0 Å². The van der Waals surface area contributed by atoms with Gasteiger partial charge in [-0.1, -0.05) is 18.2 Å². The molecule has 2 rings (SSSR count). The topological polar surface area (TPSA) is 46.3 Å². The first-order valence-electron chi connectivity index (χ1n) is 4.79. The number of aryl methyl sites for hydroxylation is 1. The van der Waals surface area contributed by atoms with Crippen LogP contribution >= 0.6 is 0 Å². The maximum absolute atomic E-state index is 11.9. The third kappa shape index (κ3) is 1.51. The molecular formula is C11H14N2O. The minimum Gasteiger partial charge on any atom is -0.335 e. The molecule has 0 spiro atoms. The molecule has 3 heteroatoms. The first kappa shape index (κ1) is 9.21. The Balaban J connectivity index is 2.16. The van der Waals surface area contributed by atoms with Crippen molar-refractivity contribution in [2.45, 2.75) is 13.0 Å². The zero-order valence-corrected chi connectivity index (χ0v) is 8.23. The van der Waals surface area contributed by atoms with Gasteiger partial charge in [0.2, 0.25) is 0 Å². The lowest BCUT2D eigenvalue weighted by Crippen LogP contribution is -2.57. The van der Waals surface area contributed by atoms with Crippen LogP contribution in [0, 0.1) is 6.92 Å². The summed E-state index contributed by atoms with van der Waals surface area (Å²) in [6.45, 7) is 3.33. The number of hydrogen-bond donors (Lipinski definition) is 1. The van der Waals surface area contributed by atoms with Crippen molar-refractivity contribution in [3.63, 3.8) is 0 Å². The monoisotopic (exact) mass is 190 g/mol. The highest BCUT2D eigenvalue weighted by Gasteiger charge is 2.28. The van der Waals surface area contributed by atoms with Gasteiger partial charge in [0.25, 0.3) is 5.91 Å². The van der Waals surface area contributed by atoms with Crippen molar-refractivity contribution >= 4 is 5.91 Å². The molecule has 1 aliphatic heterocycles. The number of rotatable bonds is 1. The second-order valence-corrected chi connectivity index (χ2v) is 3.79. The van der Waals surface area contributed by atoms with Crippen molar-refractivity contribution in [1.82, 2.24) is 4.90 Å². The van der Waals surface area contributed by atoms with E-state index in [4.69, 9.17) is 5.73 Å². The standard InChI is InChI=1S/C11H14N2O/c1-8-4-2-3-5-10(8)11(14)13-6-9(12)7-13/h2-5,9H,6-7,12H2,1H3. The number of nitrogens with two attached hydrogens (primary N) is 1. The van der Waals surface area contributed by atoms with Gasteiger partial charge in [-0.25, -0.2) is 0 Å². The van der Waals surface area contributed by atoms with Gasteiger partial charge in [0.05, 0.1) is 0 Å². The molecule has 0 atom stereocenters. The van der Waals surface area contributed by atoms with Gasteiger partial charge in [0.1, 0.15) is 0 Å². The molecule has 1 amide bonds. The van der Waals surface area contributed by atoms with Crippen LogP contribution in [0.2, 0.25) is 0 Å². The Morgan fingerprint density at radius 2 is 2.07 bits per heavy atom. The lowest BCUT2D eigenvalue weighted by Gasteiger charge is -2.37. The van der Waals surface area contributed by atoms with Crippen molar-refractivity contribution in [2.75, 3.05) is 13.1 Å². The van der Waals surface area contributed by atoms with Crippen LogP contribution in [0.5, 0.6) is 0 Å². The zero-order valence-electron chi connectivity index (χ0n) is 8.23. The fourth-order valence-corrected chi connectivity index (χ4v) is 1.66. The van der Waals surface area contributed by atoms with Crippen molar-refractivity contribution in [1.29, 1.82) is 0 Å². The predicted molar refractivity (Wildman–Crippen MR) is 55.1 cm³/mol. The van der Waals surface area contributed by atoms with Crippen molar-refractivity contribution in [3.05, 3.63) is 35.4 Å². The van der Waals surface area contributed by atoms with E-state index in [1.807, 2.05) is 31.2 Å². The average Bonchev–Trinajstić information content (AvgIpc) is 2.13. The third-order valence-corrected chi connectivity index (χ3v) is 2.57. The fraction of sp³-hybridized carbons (Fsp3) is 0.364. The largest absolute Gasteiger partial charge is 0.335 e. The smallest absolute Gasteiger partial charge is 0.254 e. The van der Waals surface area contributed by atoms with Crippen molar-refractivity contribution in [3.8, 4) is 0 Å². The summed E-state index contributed by atoms with van der Waals surface area (Å²) in [4.78, 5) is 13.6. The van der Waals surface area contributed by atoms with Crippen LogP contribution in [0.3, 0.4) is 0 Å². The van der Waals surface area contributed by atoms with E-state index in [0.29, 0.717) is 13.1 Å². The first-order chi connectivity index (χ1) is 6.68. The van der Waals surface area contributed by atoms with Crippen LogP contribution in [0.25, 0.3) is 0 Å². The van der Waals surface area contributed by atoms with E-state index in [0.717, 1.165) is 11.1 Å². The molecule has 0 bridgehead atoms. The Hall–Kier alpha value is -1.35. The highest BCUT2D eigenvalue weighted by atomic mass is 16.2. The molecule has 0 aromatic heterocycles. The van der Waals surface area contributed by atoms with Gasteiger partial charge in [0.15, 0.2) is 0 Å². The highest BCUT2D eigenvalue weighted by Crippen LogP contribution is 2.14. The van der Waals surface area contributed by atoms with E-state index in [2.05, 4.69) is 0 Å². The Bertz CT molecular complexity index is 356. The summed E-state index contributed by atoms with van der Waals surface area (Å²) in [6.07, 6.45) is 0. The quantitative estimate of drug-likeness (QED) is 0.711. The normalized spacial score (nSPS) is 16.6. The Labute approximate surface area is 83.5 Å². The van der Waals surface area contributed by atoms with Gasteiger partial charge in [-0.15, -0.1) is 0 Å². The van der Waals surface area contributed by atoms with E-state index >= 15 is 0 Å². The molecule has 0 radical (unpaired) electrons. The fourth-order valence-electron chi connectivity index (χ4n) is 1.66. The van der Waals surface area contributed by atoms with E-state index in [1.165, 1.54) is 0 Å². The molecule has 0 aliphatic carbocycles. The highest BCUT2D eigenvalue weighted by molar-refractivity contribution is 5.96. The average molecular weight is 190 g/mol. The van der Waals surface area contributed by atoms with Crippen LogP contribution in [0.15, 0.2) is 24.3 Å². The zero-order chi connectivity index (χ0) is 10.1. The maximum Gasteiger partial charge on any atom is 0.254 e. The summed E-state index contributed by atoms with van der Waals surface area (Å²) in [6, 6.07) is 7.81. The number of carbonyl (C=O) groups excluding carboxylic acids is 1. The summed E-state index contributed by atoms with van der Waals surface area (Å²) in [5.41, 5.74) is 7.45. The SMILES string of the molecule is Cc1ccccc1C(=O)N1CC(N)C1. The van der Waals surface area contributed by atoms with Gasteiger partial charge >= 0.3 is 0 Å². The minimum absolute atomic E-state index is 0.102. The van der Waals surface area contributed by atoms with Gasteiger partial charge in [-0.3, -0.25) is 4.79 Å². The van der Waals surface area contributed by atoms with Crippen LogP contribution in [0.1, 0.15) is 15.9 Å². The Morgan fingerprint density at radius 3 is 2.64 bits per heavy atom. The minimum atomic E-state index is 0.102. The summed E-state index contributed by atoms with van der Waals surface area (Å²) in [5, 5.41) is 0. The molecule has 3 nitrogen and oxygen atoms in total. The number of benzene rings is 1. The second-order valence-electron chi connectivity index (χ2n) is 3.79. The van der Waals surface area contributed by atoms with E-state index in [-0.39, 0.29) is 11.9 Å². The molecule has 0 unspecified atom stereocenters. The number of hydrogen-bond acceptors (Lipinski definition) is 2. The molecule has 1 aromatic rings. The van der Waals surface area contributed by atoms with Gasteiger partial charge in [0, 0.05) is 24.7 Å². The predicted octanol–water partition coefficient (Wildman–Crippen LogP) is 0.778. The molecule has 1 aliphatic rings. The Morgan fingerprint density at radius 1 is 1.43 bits per heavy atom. The van der Waals surface area contributed by atoms with Gasteiger partial charge in [-0.2, -0.15) is 0 Å². The van der Waals surface area contributed by atoms with Crippen LogP contribution in [-0.2, 0) is 0 Å². The number of carbonyl (C=O) groups is 1. The Kier molecular flexibility index (Phi) is 2.25. The van der Waals surface area contributed by atoms with Crippen LogP contribution in [0.4, 0.5) is 0 Å². The van der Waals surface area contributed by atoms with Crippen molar-refractivity contribution in [2.24, 2.45) is 5.73 Å². The molecular weight excluding hydrogens is 176 g/mol. The summed E-state index contributed by atoms with van der Waals surface area (Å²) in [5.74, 6) is 0.102. The molecule has 1 heterocycles. The van der Waals surface area contributed by atoms with Crippen molar-refractivity contribution < 1.29 is 4.79 Å². The molecule has 2 N–H and O–H groups in total. The molecule has 1 aromatic carbocycles. The van der Waals surface area contributed by atoms with Gasteiger partial charge in [-0.05, 0) is 18.6 Å². The lowest BCUT2D eigenvalue weighted by atomic mass is 10.0. The summed E-state index contributed by atoms with van der Waals surface area (Å²) in [7, 11) is 0. The third-order valence-electron chi connectivity index (χ3n) is 2.57. The number of nitrogens with zero attached hydrogens (tertiary/aromatic N) is 1. The van der Waals surface area contributed by atoms with Crippen LogP contribution < -0.4 is 5.73 Å². The molecule has 74 valence electrons. The summed E-state index contributed by atoms with van der Waals surface area (Å²) >= 11 is 0. The van der Waals surface area contributed by atoms with Gasteiger partial charge < -0.3 is 10.6 Å². The van der Waals surface area contributed by atoms with Crippen LogP contribution in [-0.4, -0.2) is 29.9 Å². The number of amides is 1. The molecule has 14 heavy (non-hydrogen) atoms. The van der Waals surface area contributed by atoms with E-state index in [9.17, 15) is 4.79 Å². The molecule has 0 saturated carbocycles. The maximum atomic E-state index is 11.9. The molecule has 1 fully saturated rings.